The molecule has 94 valence electrons. The number of hydrogen-bond donors (Lipinski definition) is 0. The minimum absolute atomic E-state index is 0.112. The molecule has 17 heavy (non-hydrogen) atoms. The van der Waals surface area contributed by atoms with E-state index in [-0.39, 0.29) is 5.82 Å². The average molecular weight is 255 g/mol. The first-order chi connectivity index (χ1) is 8.06. The van der Waals surface area contributed by atoms with E-state index in [2.05, 4.69) is 23.1 Å². The summed E-state index contributed by atoms with van der Waals surface area (Å²) in [4.78, 5) is 15.9. The zero-order valence-corrected chi connectivity index (χ0v) is 11.1. The maximum absolute atomic E-state index is 10.5. The Morgan fingerprint density at radius 1 is 1.59 bits per heavy atom. The Labute approximate surface area is 105 Å². The van der Waals surface area contributed by atoms with Crippen LogP contribution in [0.3, 0.4) is 0 Å². The molecule has 1 rings (SSSR count). The van der Waals surface area contributed by atoms with Crippen LogP contribution in [0.1, 0.15) is 13.3 Å². The van der Waals surface area contributed by atoms with E-state index in [1.54, 1.807) is 12.3 Å². The van der Waals surface area contributed by atoms with Crippen LogP contribution >= 0.6 is 11.8 Å². The molecular formula is C11H17N3O2S. The summed E-state index contributed by atoms with van der Waals surface area (Å²) in [6.45, 7) is 2.14. The van der Waals surface area contributed by atoms with Gasteiger partial charge in [-0.1, -0.05) is 0 Å². The summed E-state index contributed by atoms with van der Waals surface area (Å²) in [6, 6.07) is 3.57. The zero-order valence-electron chi connectivity index (χ0n) is 10.3. The van der Waals surface area contributed by atoms with Crippen molar-refractivity contribution in [3.05, 3.63) is 28.4 Å². The molecule has 1 heterocycles. The summed E-state index contributed by atoms with van der Waals surface area (Å²) in [5, 5.41) is 10.5. The van der Waals surface area contributed by atoms with Gasteiger partial charge in [0.1, 0.15) is 0 Å². The number of pyridine rings is 1. The van der Waals surface area contributed by atoms with Crippen molar-refractivity contribution in [3.8, 4) is 0 Å². The fourth-order valence-corrected chi connectivity index (χ4v) is 2.01. The molecular weight excluding hydrogens is 238 g/mol. The molecule has 1 aromatic heterocycles. The largest absolute Gasteiger partial charge is 0.369 e. The fraction of sp³-hybridized carbons (Fsp3) is 0.545. The second-order valence-corrected chi connectivity index (χ2v) is 4.86. The summed E-state index contributed by atoms with van der Waals surface area (Å²) in [5.41, 5.74) is 0.907. The Morgan fingerprint density at radius 3 is 2.76 bits per heavy atom. The molecule has 1 atom stereocenters. The van der Waals surface area contributed by atoms with Crippen molar-refractivity contribution in [2.24, 2.45) is 0 Å². The SMILES string of the molecule is CSCCC(C)N(C)c1ccc([N+](=O)[O-])nc1. The molecule has 0 amide bonds. The highest BCUT2D eigenvalue weighted by molar-refractivity contribution is 7.98. The van der Waals surface area contributed by atoms with E-state index in [1.807, 2.05) is 18.8 Å². The van der Waals surface area contributed by atoms with Crippen LogP contribution in [0.25, 0.3) is 0 Å². The van der Waals surface area contributed by atoms with Gasteiger partial charge in [0.05, 0.1) is 5.69 Å². The topological polar surface area (TPSA) is 59.3 Å². The van der Waals surface area contributed by atoms with Crippen LogP contribution in [-0.2, 0) is 0 Å². The molecule has 0 radical (unpaired) electrons. The van der Waals surface area contributed by atoms with Crippen molar-refractivity contribution in [3.63, 3.8) is 0 Å². The predicted octanol–water partition coefficient (Wildman–Crippen LogP) is 2.57. The Kier molecular flexibility index (Phi) is 5.21. The zero-order chi connectivity index (χ0) is 12.8. The molecule has 1 unspecified atom stereocenters. The molecule has 0 spiro atoms. The summed E-state index contributed by atoms with van der Waals surface area (Å²) in [7, 11) is 1.98. The van der Waals surface area contributed by atoms with Gasteiger partial charge < -0.3 is 15.0 Å². The lowest BCUT2D eigenvalue weighted by Crippen LogP contribution is -2.29. The number of nitrogens with zero attached hydrogens (tertiary/aromatic N) is 3. The van der Waals surface area contributed by atoms with E-state index in [4.69, 9.17) is 0 Å². The predicted molar refractivity (Wildman–Crippen MR) is 71.8 cm³/mol. The molecule has 0 fully saturated rings. The molecule has 0 saturated heterocycles. The number of hydrogen-bond acceptors (Lipinski definition) is 5. The number of anilines is 1. The van der Waals surface area contributed by atoms with E-state index >= 15 is 0 Å². The molecule has 1 aromatic rings. The smallest absolute Gasteiger partial charge is 0.363 e. The fourth-order valence-electron chi connectivity index (χ4n) is 1.43. The van der Waals surface area contributed by atoms with Gasteiger partial charge in [-0.2, -0.15) is 11.8 Å². The Bertz CT molecular complexity index is 369. The molecule has 0 aromatic carbocycles. The van der Waals surface area contributed by atoms with Crippen molar-refractivity contribution in [2.45, 2.75) is 19.4 Å². The first kappa shape index (κ1) is 13.8. The highest BCUT2D eigenvalue weighted by Gasteiger charge is 2.13. The van der Waals surface area contributed by atoms with Gasteiger partial charge in [-0.15, -0.1) is 0 Å². The minimum Gasteiger partial charge on any atom is -0.369 e. The van der Waals surface area contributed by atoms with Crippen LogP contribution in [0.15, 0.2) is 18.3 Å². The first-order valence-electron chi connectivity index (χ1n) is 5.38. The molecule has 0 saturated carbocycles. The van der Waals surface area contributed by atoms with Crippen LogP contribution in [-0.4, -0.2) is 35.0 Å². The van der Waals surface area contributed by atoms with E-state index in [0.717, 1.165) is 17.9 Å². The highest BCUT2D eigenvalue weighted by Crippen LogP contribution is 2.18. The Balaban J connectivity index is 2.68. The van der Waals surface area contributed by atoms with Crippen molar-refractivity contribution < 1.29 is 4.92 Å². The summed E-state index contributed by atoms with van der Waals surface area (Å²) < 4.78 is 0. The number of aromatic nitrogens is 1. The standard InChI is InChI=1S/C11H17N3O2S/c1-9(6-7-17-3)13(2)10-4-5-11(12-8-10)14(15)16/h4-5,8-9H,6-7H2,1-3H3. The molecule has 0 bridgehead atoms. The van der Waals surface area contributed by atoms with Gasteiger partial charge in [-0.3, -0.25) is 0 Å². The van der Waals surface area contributed by atoms with E-state index in [9.17, 15) is 10.1 Å². The van der Waals surface area contributed by atoms with Crippen LogP contribution in [0.4, 0.5) is 11.5 Å². The van der Waals surface area contributed by atoms with Crippen molar-refractivity contribution in [1.29, 1.82) is 0 Å². The van der Waals surface area contributed by atoms with E-state index < -0.39 is 4.92 Å². The third-order valence-electron chi connectivity index (χ3n) is 2.73. The van der Waals surface area contributed by atoms with Crippen LogP contribution in [0, 0.1) is 10.1 Å². The van der Waals surface area contributed by atoms with Crippen molar-refractivity contribution in [1.82, 2.24) is 4.98 Å². The summed E-state index contributed by atoms with van der Waals surface area (Å²) in [5.74, 6) is 0.991. The van der Waals surface area contributed by atoms with Crippen LogP contribution in [0.2, 0.25) is 0 Å². The third-order valence-corrected chi connectivity index (χ3v) is 3.37. The van der Waals surface area contributed by atoms with E-state index in [0.29, 0.717) is 6.04 Å². The second kappa shape index (κ2) is 6.44. The first-order valence-corrected chi connectivity index (χ1v) is 6.78. The molecule has 0 N–H and O–H groups in total. The minimum atomic E-state index is -0.485. The van der Waals surface area contributed by atoms with Crippen molar-refractivity contribution >= 4 is 23.3 Å². The Hall–Kier alpha value is -1.30. The molecule has 6 heteroatoms. The number of rotatable bonds is 6. The quantitative estimate of drug-likeness (QED) is 0.577. The molecule has 0 aliphatic heterocycles. The second-order valence-electron chi connectivity index (χ2n) is 3.87. The van der Waals surface area contributed by atoms with Gasteiger partial charge in [0.2, 0.25) is 0 Å². The van der Waals surface area contributed by atoms with Gasteiger partial charge in [0, 0.05) is 19.2 Å². The van der Waals surface area contributed by atoms with Gasteiger partial charge in [0.15, 0.2) is 6.20 Å². The summed E-state index contributed by atoms with van der Waals surface area (Å²) >= 11 is 1.82. The highest BCUT2D eigenvalue weighted by atomic mass is 32.2. The average Bonchev–Trinajstić information content (AvgIpc) is 2.35. The lowest BCUT2D eigenvalue weighted by atomic mass is 10.2. The maximum Gasteiger partial charge on any atom is 0.363 e. The monoisotopic (exact) mass is 255 g/mol. The van der Waals surface area contributed by atoms with Gasteiger partial charge in [-0.05, 0) is 41.3 Å². The Morgan fingerprint density at radius 2 is 2.29 bits per heavy atom. The van der Waals surface area contributed by atoms with Gasteiger partial charge in [-0.25, -0.2) is 0 Å². The summed E-state index contributed by atoms with van der Waals surface area (Å²) in [6.07, 6.45) is 4.71. The third kappa shape index (κ3) is 3.89. The lowest BCUT2D eigenvalue weighted by Gasteiger charge is -2.25. The van der Waals surface area contributed by atoms with Gasteiger partial charge >= 0.3 is 5.82 Å². The van der Waals surface area contributed by atoms with Crippen LogP contribution in [0.5, 0.6) is 0 Å². The van der Waals surface area contributed by atoms with Gasteiger partial charge in [0.25, 0.3) is 0 Å². The number of nitro groups is 1. The normalized spacial score (nSPS) is 12.2. The van der Waals surface area contributed by atoms with Crippen LogP contribution < -0.4 is 4.90 Å². The lowest BCUT2D eigenvalue weighted by molar-refractivity contribution is -0.389. The molecule has 0 aliphatic rings. The van der Waals surface area contributed by atoms with E-state index in [1.165, 1.54) is 6.07 Å². The molecule has 5 nitrogen and oxygen atoms in total. The maximum atomic E-state index is 10.5. The van der Waals surface area contributed by atoms with Crippen molar-refractivity contribution in [2.75, 3.05) is 24.0 Å². The molecule has 0 aliphatic carbocycles. The number of thioether (sulfide) groups is 1.